The van der Waals surface area contributed by atoms with Gasteiger partial charge < -0.3 is 5.32 Å². The maximum atomic E-state index is 13.6. The Hall–Kier alpha value is -2.65. The van der Waals surface area contributed by atoms with Crippen molar-refractivity contribution in [2.24, 2.45) is 7.05 Å². The van der Waals surface area contributed by atoms with Gasteiger partial charge in [-0.05, 0) is 25.8 Å². The lowest BCUT2D eigenvalue weighted by atomic mass is 10.1. The Kier molecular flexibility index (Phi) is 6.85. The standard InChI is InChI=1S/C20H21F5N6O2S2/c1-11-14(18(21)22)7-16(34-11)17-15(20(23,24)25)9-26-19(29-17)28-12-3-5-31(6-4-12)35(32,33)13-8-27-30(2)10-13/h7-10,12,18H,3-6H2,1-2H3,(H,26,28,29). The molecule has 0 atom stereocenters. The minimum absolute atomic E-state index is 0.0343. The average Bonchev–Trinajstić information content (AvgIpc) is 3.39. The first kappa shape index (κ1) is 25.4. The molecular weight excluding hydrogens is 515 g/mol. The summed E-state index contributed by atoms with van der Waals surface area (Å²) in [5.41, 5.74) is -1.94. The molecule has 0 aromatic carbocycles. The highest BCUT2D eigenvalue weighted by atomic mass is 32.2. The largest absolute Gasteiger partial charge is 0.420 e. The summed E-state index contributed by atoms with van der Waals surface area (Å²) in [4.78, 5) is 8.05. The van der Waals surface area contributed by atoms with E-state index in [9.17, 15) is 30.4 Å². The van der Waals surface area contributed by atoms with Gasteiger partial charge in [-0.15, -0.1) is 11.3 Å². The van der Waals surface area contributed by atoms with E-state index in [0.29, 0.717) is 19.0 Å². The van der Waals surface area contributed by atoms with Gasteiger partial charge >= 0.3 is 6.18 Å². The first-order valence-corrected chi connectivity index (χ1v) is 12.7. The molecule has 0 bridgehead atoms. The number of nitrogens with zero attached hydrogens (tertiary/aromatic N) is 5. The van der Waals surface area contributed by atoms with E-state index in [1.807, 2.05) is 0 Å². The van der Waals surface area contributed by atoms with E-state index in [1.54, 1.807) is 7.05 Å². The number of rotatable bonds is 6. The number of alkyl halides is 5. The summed E-state index contributed by atoms with van der Waals surface area (Å²) < 4.78 is 95.3. The number of hydrogen-bond acceptors (Lipinski definition) is 7. The Morgan fingerprint density at radius 2 is 1.89 bits per heavy atom. The Morgan fingerprint density at radius 1 is 1.20 bits per heavy atom. The van der Waals surface area contributed by atoms with E-state index < -0.39 is 33.9 Å². The second-order valence-electron chi connectivity index (χ2n) is 8.05. The molecule has 15 heteroatoms. The zero-order valence-corrected chi connectivity index (χ0v) is 20.2. The summed E-state index contributed by atoms with van der Waals surface area (Å²) in [5.74, 6) is -0.0915. The summed E-state index contributed by atoms with van der Waals surface area (Å²) in [5, 5.41) is 6.84. The van der Waals surface area contributed by atoms with Crippen LogP contribution in [0.25, 0.3) is 10.6 Å². The molecule has 0 spiro atoms. The lowest BCUT2D eigenvalue weighted by molar-refractivity contribution is -0.137. The van der Waals surface area contributed by atoms with E-state index in [0.717, 1.165) is 17.4 Å². The second-order valence-corrected chi connectivity index (χ2v) is 11.2. The van der Waals surface area contributed by atoms with Crippen molar-refractivity contribution in [2.75, 3.05) is 18.4 Å². The van der Waals surface area contributed by atoms with Crippen molar-refractivity contribution >= 4 is 27.3 Å². The molecule has 1 aliphatic heterocycles. The quantitative estimate of drug-likeness (QED) is 0.468. The third-order valence-electron chi connectivity index (χ3n) is 5.62. The van der Waals surface area contributed by atoms with Gasteiger partial charge in [-0.25, -0.2) is 27.2 Å². The van der Waals surface area contributed by atoms with Gasteiger partial charge in [-0.1, -0.05) is 0 Å². The maximum Gasteiger partial charge on any atom is 0.420 e. The monoisotopic (exact) mass is 536 g/mol. The van der Waals surface area contributed by atoms with Crippen LogP contribution in [0.3, 0.4) is 0 Å². The number of nitrogens with one attached hydrogen (secondary N) is 1. The highest BCUT2D eigenvalue weighted by Crippen LogP contribution is 2.41. The van der Waals surface area contributed by atoms with E-state index in [2.05, 4.69) is 20.4 Å². The van der Waals surface area contributed by atoms with Crippen LogP contribution in [0.1, 0.15) is 35.3 Å². The molecule has 1 saturated heterocycles. The smallest absolute Gasteiger partial charge is 0.351 e. The van der Waals surface area contributed by atoms with Gasteiger partial charge in [0.05, 0.1) is 16.8 Å². The molecule has 0 unspecified atom stereocenters. The second kappa shape index (κ2) is 9.43. The fourth-order valence-electron chi connectivity index (χ4n) is 3.78. The lowest BCUT2D eigenvalue weighted by Gasteiger charge is -2.31. The maximum absolute atomic E-state index is 13.6. The molecule has 4 rings (SSSR count). The van der Waals surface area contributed by atoms with E-state index in [1.165, 1.54) is 28.3 Å². The van der Waals surface area contributed by atoms with Crippen molar-refractivity contribution < 1.29 is 30.4 Å². The molecule has 0 saturated carbocycles. The van der Waals surface area contributed by atoms with E-state index in [4.69, 9.17) is 0 Å². The predicted molar refractivity (Wildman–Crippen MR) is 119 cm³/mol. The van der Waals surface area contributed by atoms with E-state index in [-0.39, 0.29) is 45.3 Å². The first-order chi connectivity index (χ1) is 16.4. The third kappa shape index (κ3) is 5.30. The summed E-state index contributed by atoms with van der Waals surface area (Å²) in [7, 11) is -2.09. The highest BCUT2D eigenvalue weighted by Gasteiger charge is 2.37. The highest BCUT2D eigenvalue weighted by molar-refractivity contribution is 7.89. The number of hydrogen-bond donors (Lipinski definition) is 1. The van der Waals surface area contributed by atoms with E-state index >= 15 is 0 Å². The number of thiophene rings is 1. The molecular formula is C20H21F5N6O2S2. The lowest BCUT2D eigenvalue weighted by Crippen LogP contribution is -2.42. The Balaban J connectivity index is 1.53. The molecule has 8 nitrogen and oxygen atoms in total. The van der Waals surface area contributed by atoms with Gasteiger partial charge in [0.15, 0.2) is 0 Å². The molecule has 4 heterocycles. The van der Waals surface area contributed by atoms with Gasteiger partial charge in [0.25, 0.3) is 6.43 Å². The molecule has 1 aliphatic rings. The van der Waals surface area contributed by atoms with Gasteiger partial charge in [0, 0.05) is 49.0 Å². The number of sulfonamides is 1. The zero-order chi connectivity index (χ0) is 25.5. The van der Waals surface area contributed by atoms with Crippen LogP contribution in [0, 0.1) is 6.92 Å². The topological polar surface area (TPSA) is 93.0 Å². The van der Waals surface area contributed by atoms with Crippen LogP contribution in [0.5, 0.6) is 0 Å². The molecule has 3 aromatic rings. The number of aryl methyl sites for hydroxylation is 2. The molecule has 0 amide bonds. The van der Waals surface area contributed by atoms with Crippen LogP contribution in [0.4, 0.5) is 27.9 Å². The van der Waals surface area contributed by atoms with Gasteiger partial charge in [-0.2, -0.15) is 22.6 Å². The molecule has 1 N–H and O–H groups in total. The van der Waals surface area contributed by atoms with Gasteiger partial charge in [0.1, 0.15) is 10.5 Å². The molecule has 0 radical (unpaired) electrons. The van der Waals surface area contributed by atoms with Crippen molar-refractivity contribution in [1.82, 2.24) is 24.1 Å². The van der Waals surface area contributed by atoms with Crippen LogP contribution in [0.15, 0.2) is 29.6 Å². The zero-order valence-electron chi connectivity index (χ0n) is 18.6. The van der Waals surface area contributed by atoms with Crippen LogP contribution in [-0.4, -0.2) is 51.6 Å². The number of halogens is 5. The van der Waals surface area contributed by atoms with Crippen molar-refractivity contribution in [3.63, 3.8) is 0 Å². The molecule has 190 valence electrons. The van der Waals surface area contributed by atoms with Gasteiger partial charge in [0.2, 0.25) is 16.0 Å². The summed E-state index contributed by atoms with van der Waals surface area (Å²) in [6.45, 7) is 1.78. The molecule has 35 heavy (non-hydrogen) atoms. The normalized spacial score (nSPS) is 16.2. The summed E-state index contributed by atoms with van der Waals surface area (Å²) >= 11 is 0.805. The van der Waals surface area contributed by atoms with Crippen molar-refractivity contribution in [2.45, 2.75) is 43.3 Å². The number of piperidine rings is 1. The fourth-order valence-corrected chi connectivity index (χ4v) is 6.27. The number of aromatic nitrogens is 4. The SMILES string of the molecule is Cc1sc(-c2nc(NC3CCN(S(=O)(=O)c4cnn(C)c4)CC3)ncc2C(F)(F)F)cc1C(F)F. The average molecular weight is 537 g/mol. The Labute approximate surface area is 201 Å². The minimum Gasteiger partial charge on any atom is -0.351 e. The number of anilines is 1. The summed E-state index contributed by atoms with van der Waals surface area (Å²) in [6, 6.07) is 0.731. The van der Waals surface area contributed by atoms with Crippen LogP contribution < -0.4 is 5.32 Å². The third-order valence-corrected chi connectivity index (χ3v) is 8.55. The molecule has 0 aliphatic carbocycles. The molecule has 3 aromatic heterocycles. The minimum atomic E-state index is -4.78. The van der Waals surface area contributed by atoms with Gasteiger partial charge in [-0.3, -0.25) is 4.68 Å². The Morgan fingerprint density at radius 3 is 2.43 bits per heavy atom. The first-order valence-electron chi connectivity index (χ1n) is 10.4. The van der Waals surface area contributed by atoms with Crippen molar-refractivity contribution in [3.8, 4) is 10.6 Å². The summed E-state index contributed by atoms with van der Waals surface area (Å²) in [6.07, 6.45) is -3.56. The van der Waals surface area contributed by atoms with Crippen LogP contribution in [0.2, 0.25) is 0 Å². The fraction of sp³-hybridized carbons (Fsp3) is 0.450. The van der Waals surface area contributed by atoms with Crippen LogP contribution in [-0.2, 0) is 23.2 Å². The van der Waals surface area contributed by atoms with Crippen molar-refractivity contribution in [3.05, 3.63) is 40.7 Å². The molecule has 1 fully saturated rings. The van der Waals surface area contributed by atoms with Crippen LogP contribution >= 0.6 is 11.3 Å². The Bertz CT molecular complexity index is 1310. The predicted octanol–water partition coefficient (Wildman–Crippen LogP) is 4.47. The van der Waals surface area contributed by atoms with Crippen molar-refractivity contribution in [1.29, 1.82) is 0 Å².